The van der Waals surface area contributed by atoms with Gasteiger partial charge in [-0.05, 0) is 29.8 Å². The minimum Gasteiger partial charge on any atom is -0.381 e. The van der Waals surface area contributed by atoms with Crippen LogP contribution in [-0.2, 0) is 12.7 Å². The van der Waals surface area contributed by atoms with Gasteiger partial charge in [0.2, 0.25) is 0 Å². The van der Waals surface area contributed by atoms with Gasteiger partial charge in [0.1, 0.15) is 0 Å². The zero-order valence-electron chi connectivity index (χ0n) is 9.41. The molecule has 18 heavy (non-hydrogen) atoms. The van der Waals surface area contributed by atoms with Crippen molar-refractivity contribution in [3.63, 3.8) is 0 Å². The van der Waals surface area contributed by atoms with Gasteiger partial charge in [0.05, 0.1) is 5.56 Å². The molecule has 0 spiro atoms. The highest BCUT2D eigenvalue weighted by molar-refractivity contribution is 5.46. The van der Waals surface area contributed by atoms with Gasteiger partial charge < -0.3 is 5.32 Å². The number of nitrogens with one attached hydrogen (secondary N) is 1. The molecule has 0 atom stereocenters. The molecule has 0 aliphatic rings. The Morgan fingerprint density at radius 3 is 2.61 bits per heavy atom. The summed E-state index contributed by atoms with van der Waals surface area (Å²) in [5.74, 6) is 0. The molecule has 94 valence electrons. The van der Waals surface area contributed by atoms with Gasteiger partial charge in [-0.15, -0.1) is 0 Å². The first kappa shape index (κ1) is 12.4. The molecule has 2 nitrogen and oxygen atoms in total. The number of benzene rings is 1. The standard InChI is InChI=1S/C13H11F3N2/c14-13(15,16)11-4-1-5-12(7-11)18-9-10-3-2-6-17-8-10/h1-8,18H,9H2. The molecule has 0 saturated heterocycles. The predicted molar refractivity (Wildman–Crippen MR) is 63.0 cm³/mol. The van der Waals surface area contributed by atoms with Gasteiger partial charge in [0.25, 0.3) is 0 Å². The van der Waals surface area contributed by atoms with Crippen LogP contribution >= 0.6 is 0 Å². The van der Waals surface area contributed by atoms with Gasteiger partial charge in [-0.2, -0.15) is 13.2 Å². The van der Waals surface area contributed by atoms with Crippen molar-refractivity contribution in [3.8, 4) is 0 Å². The molecule has 1 N–H and O–H groups in total. The Morgan fingerprint density at radius 1 is 1.11 bits per heavy atom. The Morgan fingerprint density at radius 2 is 1.94 bits per heavy atom. The highest BCUT2D eigenvalue weighted by Crippen LogP contribution is 2.30. The topological polar surface area (TPSA) is 24.9 Å². The van der Waals surface area contributed by atoms with E-state index >= 15 is 0 Å². The van der Waals surface area contributed by atoms with E-state index in [9.17, 15) is 13.2 Å². The lowest BCUT2D eigenvalue weighted by molar-refractivity contribution is -0.137. The van der Waals surface area contributed by atoms with Crippen LogP contribution in [0.3, 0.4) is 0 Å². The largest absolute Gasteiger partial charge is 0.416 e. The average Bonchev–Trinajstić information content (AvgIpc) is 2.37. The third kappa shape index (κ3) is 3.23. The first-order chi connectivity index (χ1) is 8.55. The molecule has 0 unspecified atom stereocenters. The molecule has 0 aliphatic heterocycles. The fourth-order valence-electron chi connectivity index (χ4n) is 1.51. The van der Waals surface area contributed by atoms with Crippen LogP contribution < -0.4 is 5.32 Å². The van der Waals surface area contributed by atoms with E-state index in [1.54, 1.807) is 24.5 Å². The van der Waals surface area contributed by atoms with Crippen molar-refractivity contribution in [2.45, 2.75) is 12.7 Å². The van der Waals surface area contributed by atoms with Crippen molar-refractivity contribution in [2.24, 2.45) is 0 Å². The van der Waals surface area contributed by atoms with Gasteiger partial charge in [0.15, 0.2) is 0 Å². The normalized spacial score (nSPS) is 11.3. The highest BCUT2D eigenvalue weighted by Gasteiger charge is 2.30. The van der Waals surface area contributed by atoms with Gasteiger partial charge in [-0.25, -0.2) is 0 Å². The molecule has 0 saturated carbocycles. The fourth-order valence-corrected chi connectivity index (χ4v) is 1.51. The van der Waals surface area contributed by atoms with Crippen LogP contribution in [0.4, 0.5) is 18.9 Å². The average molecular weight is 252 g/mol. The molecule has 2 aromatic rings. The van der Waals surface area contributed by atoms with Crippen LogP contribution in [0.25, 0.3) is 0 Å². The van der Waals surface area contributed by atoms with Crippen molar-refractivity contribution < 1.29 is 13.2 Å². The smallest absolute Gasteiger partial charge is 0.381 e. The van der Waals surface area contributed by atoms with Crippen molar-refractivity contribution >= 4 is 5.69 Å². The van der Waals surface area contributed by atoms with E-state index in [0.29, 0.717) is 12.2 Å². The lowest BCUT2D eigenvalue weighted by atomic mass is 10.2. The summed E-state index contributed by atoms with van der Waals surface area (Å²) in [6, 6.07) is 8.77. The number of rotatable bonds is 3. The molecule has 0 aliphatic carbocycles. The maximum atomic E-state index is 12.5. The van der Waals surface area contributed by atoms with Crippen LogP contribution in [0.5, 0.6) is 0 Å². The molecule has 5 heteroatoms. The number of aromatic nitrogens is 1. The molecule has 1 aromatic carbocycles. The molecule has 0 bridgehead atoms. The Kier molecular flexibility index (Phi) is 3.50. The molecule has 0 fully saturated rings. The number of hydrogen-bond acceptors (Lipinski definition) is 2. The Balaban J connectivity index is 2.06. The second kappa shape index (κ2) is 5.08. The molecular formula is C13H11F3N2. The summed E-state index contributed by atoms with van der Waals surface area (Å²) in [6.45, 7) is 0.440. The number of halogens is 3. The van der Waals surface area contributed by atoms with Gasteiger partial charge in [-0.1, -0.05) is 12.1 Å². The molecule has 0 radical (unpaired) electrons. The second-order valence-corrected chi connectivity index (χ2v) is 3.79. The first-order valence-electron chi connectivity index (χ1n) is 5.36. The number of hydrogen-bond donors (Lipinski definition) is 1. The molecular weight excluding hydrogens is 241 g/mol. The minimum absolute atomic E-state index is 0.439. The monoisotopic (exact) mass is 252 g/mol. The molecule has 0 amide bonds. The summed E-state index contributed by atoms with van der Waals surface area (Å²) in [6.07, 6.45) is -1.000. The Labute approximate surface area is 102 Å². The molecule has 1 heterocycles. The fraction of sp³-hybridized carbons (Fsp3) is 0.154. The quantitative estimate of drug-likeness (QED) is 0.900. The van der Waals surface area contributed by atoms with Crippen molar-refractivity contribution in [1.82, 2.24) is 4.98 Å². The summed E-state index contributed by atoms with van der Waals surface area (Å²) < 4.78 is 37.5. The van der Waals surface area contributed by atoms with E-state index in [2.05, 4.69) is 10.3 Å². The van der Waals surface area contributed by atoms with Gasteiger partial charge in [0, 0.05) is 24.6 Å². The van der Waals surface area contributed by atoms with Crippen LogP contribution in [0.2, 0.25) is 0 Å². The second-order valence-electron chi connectivity index (χ2n) is 3.79. The molecule has 1 aromatic heterocycles. The van der Waals surface area contributed by atoms with Crippen LogP contribution in [-0.4, -0.2) is 4.98 Å². The predicted octanol–water partition coefficient (Wildman–Crippen LogP) is 3.71. The van der Waals surface area contributed by atoms with E-state index in [1.165, 1.54) is 6.07 Å². The van der Waals surface area contributed by atoms with E-state index in [0.717, 1.165) is 17.7 Å². The number of alkyl halides is 3. The number of pyridine rings is 1. The van der Waals surface area contributed by atoms with E-state index in [1.807, 2.05) is 6.07 Å². The van der Waals surface area contributed by atoms with Crippen LogP contribution in [0, 0.1) is 0 Å². The third-order valence-electron chi connectivity index (χ3n) is 2.41. The third-order valence-corrected chi connectivity index (χ3v) is 2.41. The maximum absolute atomic E-state index is 12.5. The van der Waals surface area contributed by atoms with Crippen molar-refractivity contribution in [3.05, 3.63) is 59.9 Å². The Bertz CT molecular complexity index is 509. The first-order valence-corrected chi connectivity index (χ1v) is 5.36. The Hall–Kier alpha value is -2.04. The van der Waals surface area contributed by atoms with Crippen molar-refractivity contribution in [1.29, 1.82) is 0 Å². The molecule has 2 rings (SSSR count). The van der Waals surface area contributed by atoms with E-state index in [-0.39, 0.29) is 0 Å². The van der Waals surface area contributed by atoms with Crippen LogP contribution in [0.1, 0.15) is 11.1 Å². The van der Waals surface area contributed by atoms with Crippen molar-refractivity contribution in [2.75, 3.05) is 5.32 Å². The summed E-state index contributed by atoms with van der Waals surface area (Å²) >= 11 is 0. The minimum atomic E-state index is -4.31. The number of anilines is 1. The summed E-state index contributed by atoms with van der Waals surface area (Å²) in [5.41, 5.74) is 0.697. The van der Waals surface area contributed by atoms with E-state index < -0.39 is 11.7 Å². The highest BCUT2D eigenvalue weighted by atomic mass is 19.4. The maximum Gasteiger partial charge on any atom is 0.416 e. The lowest BCUT2D eigenvalue weighted by Gasteiger charge is -2.10. The zero-order valence-corrected chi connectivity index (χ0v) is 9.41. The summed E-state index contributed by atoms with van der Waals surface area (Å²) in [7, 11) is 0. The SMILES string of the molecule is FC(F)(F)c1cccc(NCc2cccnc2)c1. The van der Waals surface area contributed by atoms with Gasteiger partial charge in [-0.3, -0.25) is 4.98 Å². The lowest BCUT2D eigenvalue weighted by Crippen LogP contribution is -2.06. The van der Waals surface area contributed by atoms with Gasteiger partial charge >= 0.3 is 6.18 Å². The zero-order chi connectivity index (χ0) is 13.0. The number of nitrogens with zero attached hydrogens (tertiary/aromatic N) is 1. The van der Waals surface area contributed by atoms with Crippen LogP contribution in [0.15, 0.2) is 48.8 Å². The van der Waals surface area contributed by atoms with E-state index in [4.69, 9.17) is 0 Å². The summed E-state index contributed by atoms with van der Waals surface area (Å²) in [4.78, 5) is 3.93. The summed E-state index contributed by atoms with van der Waals surface area (Å²) in [5, 5.41) is 2.93.